The predicted molar refractivity (Wildman–Crippen MR) is 95.6 cm³/mol. The summed E-state index contributed by atoms with van der Waals surface area (Å²) >= 11 is 0. The average molecular weight is 321 g/mol. The molecule has 0 radical (unpaired) electrons. The van der Waals surface area contributed by atoms with Gasteiger partial charge in [0, 0.05) is 0 Å². The molecular weight excluding hydrogens is 288 g/mol. The van der Waals surface area contributed by atoms with Crippen LogP contribution in [0.4, 0.5) is 0 Å². The topological polar surface area (TPSA) is 29.5 Å². The van der Waals surface area contributed by atoms with Gasteiger partial charge in [-0.05, 0) is 50.4 Å². The van der Waals surface area contributed by atoms with Crippen LogP contribution in [0.1, 0.15) is 50.5 Å². The second kappa shape index (κ2) is 8.85. The third kappa shape index (κ3) is 6.23. The van der Waals surface area contributed by atoms with Crippen LogP contribution in [0.5, 0.6) is 0 Å². The molecule has 0 unspecified atom stereocenters. The van der Waals surface area contributed by atoms with Crippen molar-refractivity contribution in [1.82, 2.24) is 0 Å². The van der Waals surface area contributed by atoms with Gasteiger partial charge in [-0.25, -0.2) is 0 Å². The summed E-state index contributed by atoms with van der Waals surface area (Å²) in [6, 6.07) is 11.9. The van der Waals surface area contributed by atoms with Crippen LogP contribution in [-0.2, 0) is 10.8 Å². The van der Waals surface area contributed by atoms with Gasteiger partial charge in [-0.1, -0.05) is 56.0 Å². The van der Waals surface area contributed by atoms with Gasteiger partial charge >= 0.3 is 0 Å². The highest BCUT2D eigenvalue weighted by atomic mass is 28.4. The smallest absolute Gasteiger partial charge is 0.187 e. The number of aryl methyl sites for hydroxylation is 1. The van der Waals surface area contributed by atoms with Gasteiger partial charge in [0.1, 0.15) is 0 Å². The fraction of sp³-hybridized carbons (Fsp3) is 0.684. The van der Waals surface area contributed by atoms with E-state index in [2.05, 4.69) is 43.4 Å². The van der Waals surface area contributed by atoms with Crippen molar-refractivity contribution < 1.29 is 9.53 Å². The maximum absolute atomic E-state index is 10.3. The van der Waals surface area contributed by atoms with E-state index in [4.69, 9.17) is 4.43 Å². The SMILES string of the molecule is C[Si](C)(CCCc1ccccc1)O[C@@H]1CCCCCC[C@@H]1O. The molecule has 0 heterocycles. The molecule has 0 spiro atoms. The van der Waals surface area contributed by atoms with Crippen molar-refractivity contribution in [3.05, 3.63) is 35.9 Å². The summed E-state index contributed by atoms with van der Waals surface area (Å²) in [5.74, 6) is 0. The second-order valence-corrected chi connectivity index (χ2v) is 11.6. The predicted octanol–water partition coefficient (Wildman–Crippen LogP) is 4.92. The zero-order chi connectivity index (χ0) is 15.8. The fourth-order valence-corrected chi connectivity index (χ4v) is 5.64. The number of aliphatic hydroxyl groups is 1. The Labute approximate surface area is 137 Å². The Balaban J connectivity index is 1.78. The lowest BCUT2D eigenvalue weighted by atomic mass is 9.96. The minimum absolute atomic E-state index is 0.0821. The molecule has 1 N–H and O–H groups in total. The van der Waals surface area contributed by atoms with Gasteiger partial charge in [0.2, 0.25) is 0 Å². The van der Waals surface area contributed by atoms with Crippen LogP contribution in [0, 0.1) is 0 Å². The summed E-state index contributed by atoms with van der Waals surface area (Å²) in [4.78, 5) is 0. The highest BCUT2D eigenvalue weighted by molar-refractivity contribution is 6.71. The minimum Gasteiger partial charge on any atom is -0.412 e. The van der Waals surface area contributed by atoms with E-state index in [1.807, 2.05) is 0 Å². The lowest BCUT2D eigenvalue weighted by Gasteiger charge is -2.33. The molecular formula is C19H32O2Si. The van der Waals surface area contributed by atoms with E-state index in [1.165, 1.54) is 37.3 Å². The molecule has 0 aliphatic heterocycles. The van der Waals surface area contributed by atoms with E-state index in [1.54, 1.807) is 0 Å². The van der Waals surface area contributed by atoms with E-state index < -0.39 is 8.32 Å². The molecule has 1 aromatic carbocycles. The highest BCUT2D eigenvalue weighted by Crippen LogP contribution is 2.25. The molecule has 1 aliphatic rings. The van der Waals surface area contributed by atoms with Crippen molar-refractivity contribution in [3.8, 4) is 0 Å². The molecule has 124 valence electrons. The molecule has 3 heteroatoms. The molecule has 0 amide bonds. The van der Waals surface area contributed by atoms with Gasteiger partial charge in [-0.3, -0.25) is 0 Å². The average Bonchev–Trinajstić information content (AvgIpc) is 2.48. The maximum atomic E-state index is 10.3. The van der Waals surface area contributed by atoms with E-state index in [9.17, 15) is 5.11 Å². The van der Waals surface area contributed by atoms with Crippen molar-refractivity contribution in [2.45, 2.75) is 82.7 Å². The fourth-order valence-electron chi connectivity index (χ4n) is 3.40. The van der Waals surface area contributed by atoms with Crippen LogP contribution in [0.3, 0.4) is 0 Å². The third-order valence-corrected chi connectivity index (χ3v) is 7.22. The van der Waals surface area contributed by atoms with E-state index in [0.717, 1.165) is 25.7 Å². The number of aliphatic hydroxyl groups excluding tert-OH is 1. The first kappa shape index (κ1) is 17.7. The Hall–Kier alpha value is -0.643. The van der Waals surface area contributed by atoms with Crippen molar-refractivity contribution in [3.63, 3.8) is 0 Å². The third-order valence-electron chi connectivity index (χ3n) is 4.73. The van der Waals surface area contributed by atoms with E-state index >= 15 is 0 Å². The Morgan fingerprint density at radius 1 is 1.05 bits per heavy atom. The summed E-state index contributed by atoms with van der Waals surface area (Å²) in [5, 5.41) is 10.3. The molecule has 1 aliphatic carbocycles. The largest absolute Gasteiger partial charge is 0.412 e. The molecule has 0 bridgehead atoms. The van der Waals surface area contributed by atoms with Crippen molar-refractivity contribution in [2.24, 2.45) is 0 Å². The normalized spacial score (nSPS) is 23.8. The van der Waals surface area contributed by atoms with Gasteiger partial charge in [0.15, 0.2) is 8.32 Å². The van der Waals surface area contributed by atoms with Gasteiger partial charge in [-0.2, -0.15) is 0 Å². The Bertz CT molecular complexity index is 419. The second-order valence-electron chi connectivity index (χ2n) is 7.31. The molecule has 0 aromatic heterocycles. The Morgan fingerprint density at radius 2 is 1.73 bits per heavy atom. The first-order valence-electron chi connectivity index (χ1n) is 8.97. The molecule has 1 saturated carbocycles. The van der Waals surface area contributed by atoms with Crippen LogP contribution in [0.25, 0.3) is 0 Å². The monoisotopic (exact) mass is 320 g/mol. The highest BCUT2D eigenvalue weighted by Gasteiger charge is 2.30. The van der Waals surface area contributed by atoms with Crippen LogP contribution in [-0.4, -0.2) is 25.6 Å². The quantitative estimate of drug-likeness (QED) is 0.753. The lowest BCUT2D eigenvalue weighted by Crippen LogP contribution is -2.41. The molecule has 1 aromatic rings. The maximum Gasteiger partial charge on any atom is 0.187 e. The number of hydrogen-bond donors (Lipinski definition) is 1. The molecule has 22 heavy (non-hydrogen) atoms. The standard InChI is InChI=1S/C19H32O2Si/c1-22(2,16-10-13-17-11-6-5-7-12-17)21-19-15-9-4-3-8-14-18(19)20/h5-7,11-12,18-20H,3-4,8-10,13-16H2,1-2H3/t18-,19+/m0/s1. The van der Waals surface area contributed by atoms with Crippen LogP contribution in [0.2, 0.25) is 19.1 Å². The summed E-state index contributed by atoms with van der Waals surface area (Å²) in [6.07, 6.45) is 9.02. The molecule has 1 fully saturated rings. The van der Waals surface area contributed by atoms with Gasteiger partial charge < -0.3 is 9.53 Å². The zero-order valence-electron chi connectivity index (χ0n) is 14.3. The van der Waals surface area contributed by atoms with Crippen LogP contribution >= 0.6 is 0 Å². The Morgan fingerprint density at radius 3 is 2.45 bits per heavy atom. The van der Waals surface area contributed by atoms with Gasteiger partial charge in [0.05, 0.1) is 12.2 Å². The van der Waals surface area contributed by atoms with E-state index in [-0.39, 0.29) is 12.2 Å². The van der Waals surface area contributed by atoms with Gasteiger partial charge in [-0.15, -0.1) is 0 Å². The first-order valence-corrected chi connectivity index (χ1v) is 12.1. The van der Waals surface area contributed by atoms with Crippen molar-refractivity contribution >= 4 is 8.32 Å². The zero-order valence-corrected chi connectivity index (χ0v) is 15.3. The van der Waals surface area contributed by atoms with Gasteiger partial charge in [0.25, 0.3) is 0 Å². The molecule has 2 atom stereocenters. The van der Waals surface area contributed by atoms with E-state index in [0.29, 0.717) is 0 Å². The van der Waals surface area contributed by atoms with Crippen molar-refractivity contribution in [1.29, 1.82) is 0 Å². The first-order chi connectivity index (χ1) is 10.6. The Kier molecular flexibility index (Phi) is 7.12. The number of benzene rings is 1. The summed E-state index contributed by atoms with van der Waals surface area (Å²) in [7, 11) is -1.69. The lowest BCUT2D eigenvalue weighted by molar-refractivity contribution is 0.0133. The number of rotatable bonds is 6. The van der Waals surface area contributed by atoms with Crippen molar-refractivity contribution in [2.75, 3.05) is 0 Å². The molecule has 2 rings (SSSR count). The number of hydrogen-bond acceptors (Lipinski definition) is 2. The summed E-state index contributed by atoms with van der Waals surface area (Å²) < 4.78 is 6.45. The van der Waals surface area contributed by atoms with Crippen LogP contribution < -0.4 is 0 Å². The summed E-state index contributed by atoms with van der Waals surface area (Å²) in [5.41, 5.74) is 1.42. The minimum atomic E-state index is -1.69. The van der Waals surface area contributed by atoms with Crippen LogP contribution in [0.15, 0.2) is 30.3 Å². The summed E-state index contributed by atoms with van der Waals surface area (Å²) in [6.45, 7) is 4.62. The molecule has 2 nitrogen and oxygen atoms in total. The molecule has 0 saturated heterocycles.